The molecule has 0 bridgehead atoms. The number of aromatic nitrogens is 2. The Morgan fingerprint density at radius 3 is 2.70 bits per heavy atom. The summed E-state index contributed by atoms with van der Waals surface area (Å²) in [7, 11) is 2.17. The lowest BCUT2D eigenvalue weighted by molar-refractivity contribution is 0.224. The van der Waals surface area contributed by atoms with Crippen molar-refractivity contribution in [3.8, 4) is 0 Å². The van der Waals surface area contributed by atoms with Crippen molar-refractivity contribution in [3.05, 3.63) is 64.7 Å². The standard InChI is InChI=1S/C23H30N4/c1-18(14-19-6-4-3-5-7-19)16-27-12-8-20(9-13-27)23-24-15-21-17-26(2)11-10-22(21)25-23/h3-7,14-15,20H,8-13,16-17H2,1-2H3/b18-14+. The summed E-state index contributed by atoms with van der Waals surface area (Å²) >= 11 is 0. The molecule has 27 heavy (non-hydrogen) atoms. The molecule has 0 amide bonds. The summed E-state index contributed by atoms with van der Waals surface area (Å²) in [4.78, 5) is 14.6. The van der Waals surface area contributed by atoms with E-state index in [9.17, 15) is 0 Å². The first-order valence-electron chi connectivity index (χ1n) is 10.1. The lowest BCUT2D eigenvalue weighted by Crippen LogP contribution is -2.35. The van der Waals surface area contributed by atoms with E-state index in [0.29, 0.717) is 5.92 Å². The Bertz CT molecular complexity index is 791. The van der Waals surface area contributed by atoms with Crippen molar-refractivity contribution in [2.75, 3.05) is 33.2 Å². The van der Waals surface area contributed by atoms with Crippen LogP contribution in [0.4, 0.5) is 0 Å². The predicted molar refractivity (Wildman–Crippen MR) is 111 cm³/mol. The van der Waals surface area contributed by atoms with Crippen LogP contribution in [0.15, 0.2) is 42.1 Å². The van der Waals surface area contributed by atoms with Crippen molar-refractivity contribution in [2.45, 2.75) is 38.6 Å². The molecule has 4 heteroatoms. The molecule has 0 atom stereocenters. The van der Waals surface area contributed by atoms with Crippen molar-refractivity contribution in [1.29, 1.82) is 0 Å². The van der Waals surface area contributed by atoms with Crippen LogP contribution in [0.2, 0.25) is 0 Å². The smallest absolute Gasteiger partial charge is 0.131 e. The fraction of sp³-hybridized carbons (Fsp3) is 0.478. The molecule has 2 aromatic rings. The Morgan fingerprint density at radius 2 is 1.93 bits per heavy atom. The Hall–Kier alpha value is -2.04. The third-order valence-electron chi connectivity index (χ3n) is 5.78. The Labute approximate surface area is 162 Å². The van der Waals surface area contributed by atoms with Crippen molar-refractivity contribution in [1.82, 2.24) is 19.8 Å². The lowest BCUT2D eigenvalue weighted by Gasteiger charge is -2.32. The van der Waals surface area contributed by atoms with Crippen LogP contribution in [0.25, 0.3) is 6.08 Å². The van der Waals surface area contributed by atoms with Crippen molar-refractivity contribution < 1.29 is 0 Å². The maximum atomic E-state index is 4.95. The van der Waals surface area contributed by atoms with E-state index in [4.69, 9.17) is 9.97 Å². The first-order valence-corrected chi connectivity index (χ1v) is 10.1. The molecule has 1 fully saturated rings. The number of benzene rings is 1. The second kappa shape index (κ2) is 8.32. The minimum Gasteiger partial charge on any atom is -0.302 e. The quantitative estimate of drug-likeness (QED) is 0.829. The van der Waals surface area contributed by atoms with Crippen molar-refractivity contribution in [3.63, 3.8) is 0 Å². The average Bonchev–Trinajstić information content (AvgIpc) is 2.69. The van der Waals surface area contributed by atoms with Gasteiger partial charge in [-0.3, -0.25) is 4.90 Å². The topological polar surface area (TPSA) is 32.3 Å². The fourth-order valence-electron chi connectivity index (χ4n) is 4.25. The Kier molecular flexibility index (Phi) is 5.65. The molecular formula is C23H30N4. The minimum absolute atomic E-state index is 0.518. The third-order valence-corrected chi connectivity index (χ3v) is 5.78. The molecule has 0 saturated carbocycles. The highest BCUT2D eigenvalue weighted by atomic mass is 15.1. The molecule has 2 aliphatic heterocycles. The molecule has 1 saturated heterocycles. The second-order valence-electron chi connectivity index (χ2n) is 8.14. The molecule has 0 aliphatic carbocycles. The molecule has 4 nitrogen and oxygen atoms in total. The van der Waals surface area contributed by atoms with Gasteiger partial charge in [-0.05, 0) is 45.5 Å². The van der Waals surface area contributed by atoms with Crippen LogP contribution in [0, 0.1) is 0 Å². The van der Waals surface area contributed by atoms with E-state index in [-0.39, 0.29) is 0 Å². The van der Waals surface area contributed by atoms with E-state index in [1.165, 1.54) is 22.4 Å². The molecule has 1 aromatic carbocycles. The highest BCUT2D eigenvalue weighted by molar-refractivity contribution is 5.52. The van der Waals surface area contributed by atoms with Gasteiger partial charge in [-0.2, -0.15) is 0 Å². The van der Waals surface area contributed by atoms with Gasteiger partial charge < -0.3 is 4.90 Å². The first-order chi connectivity index (χ1) is 13.2. The van der Waals surface area contributed by atoms with E-state index in [0.717, 1.165) is 57.8 Å². The summed E-state index contributed by atoms with van der Waals surface area (Å²) in [5, 5.41) is 0. The van der Waals surface area contributed by atoms with Gasteiger partial charge in [0.15, 0.2) is 0 Å². The van der Waals surface area contributed by atoms with E-state index >= 15 is 0 Å². The third kappa shape index (κ3) is 4.63. The summed E-state index contributed by atoms with van der Waals surface area (Å²) in [6, 6.07) is 10.6. The fourth-order valence-corrected chi connectivity index (χ4v) is 4.25. The summed E-state index contributed by atoms with van der Waals surface area (Å²) in [6.07, 6.45) is 7.76. The number of nitrogens with zero attached hydrogens (tertiary/aromatic N) is 4. The number of fused-ring (bicyclic) bond motifs is 1. The molecule has 2 aliphatic rings. The summed E-state index contributed by atoms with van der Waals surface area (Å²) in [6.45, 7) is 7.65. The molecule has 1 aromatic heterocycles. The van der Waals surface area contributed by atoms with E-state index in [1.54, 1.807) is 0 Å². The predicted octanol–water partition coefficient (Wildman–Crippen LogP) is 3.75. The molecule has 0 N–H and O–H groups in total. The average molecular weight is 363 g/mol. The first kappa shape index (κ1) is 18.3. The van der Waals surface area contributed by atoms with Gasteiger partial charge in [0.25, 0.3) is 0 Å². The van der Waals surface area contributed by atoms with E-state index in [2.05, 4.69) is 66.4 Å². The normalized spacial score (nSPS) is 19.9. The monoisotopic (exact) mass is 362 g/mol. The Balaban J connectivity index is 1.33. The van der Waals surface area contributed by atoms with Crippen LogP contribution in [-0.4, -0.2) is 53.0 Å². The second-order valence-corrected chi connectivity index (χ2v) is 8.14. The van der Waals surface area contributed by atoms with E-state index < -0.39 is 0 Å². The largest absolute Gasteiger partial charge is 0.302 e. The summed E-state index contributed by atoms with van der Waals surface area (Å²) in [5.41, 5.74) is 5.31. The number of likely N-dealkylation sites (N-methyl/N-ethyl adjacent to an activating group) is 1. The zero-order valence-corrected chi connectivity index (χ0v) is 16.6. The van der Waals surface area contributed by atoms with Crippen molar-refractivity contribution in [2.24, 2.45) is 0 Å². The minimum atomic E-state index is 0.518. The van der Waals surface area contributed by atoms with Gasteiger partial charge in [-0.15, -0.1) is 0 Å². The van der Waals surface area contributed by atoms with Gasteiger partial charge in [0, 0.05) is 49.4 Å². The van der Waals surface area contributed by atoms with Gasteiger partial charge in [-0.25, -0.2) is 9.97 Å². The highest BCUT2D eigenvalue weighted by Crippen LogP contribution is 2.27. The molecule has 0 radical (unpaired) electrons. The SMILES string of the molecule is C/C(=C\c1ccccc1)CN1CCC(c2ncc3c(n2)CCN(C)C3)CC1. The Morgan fingerprint density at radius 1 is 1.15 bits per heavy atom. The van der Waals surface area contributed by atoms with Crippen LogP contribution in [0.1, 0.15) is 48.3 Å². The van der Waals surface area contributed by atoms with Crippen LogP contribution in [-0.2, 0) is 13.0 Å². The summed E-state index contributed by atoms with van der Waals surface area (Å²) < 4.78 is 0. The molecule has 0 unspecified atom stereocenters. The molecule has 142 valence electrons. The lowest BCUT2D eigenvalue weighted by atomic mass is 9.95. The van der Waals surface area contributed by atoms with Crippen LogP contribution >= 0.6 is 0 Å². The van der Waals surface area contributed by atoms with Gasteiger partial charge in [0.05, 0.1) is 0 Å². The number of hydrogen-bond acceptors (Lipinski definition) is 4. The maximum Gasteiger partial charge on any atom is 0.131 e. The van der Waals surface area contributed by atoms with E-state index in [1.807, 2.05) is 0 Å². The highest BCUT2D eigenvalue weighted by Gasteiger charge is 2.24. The van der Waals surface area contributed by atoms with Crippen molar-refractivity contribution >= 4 is 6.08 Å². The van der Waals surface area contributed by atoms with Crippen LogP contribution in [0.5, 0.6) is 0 Å². The van der Waals surface area contributed by atoms with Crippen LogP contribution in [0.3, 0.4) is 0 Å². The number of rotatable bonds is 4. The van der Waals surface area contributed by atoms with Gasteiger partial charge >= 0.3 is 0 Å². The van der Waals surface area contributed by atoms with Gasteiger partial charge in [0.1, 0.15) is 5.82 Å². The molecule has 3 heterocycles. The van der Waals surface area contributed by atoms with Crippen LogP contribution < -0.4 is 0 Å². The maximum absolute atomic E-state index is 4.95. The number of likely N-dealkylation sites (tertiary alicyclic amines) is 1. The van der Waals surface area contributed by atoms with Gasteiger partial charge in [0.2, 0.25) is 0 Å². The zero-order valence-electron chi connectivity index (χ0n) is 16.6. The number of hydrogen-bond donors (Lipinski definition) is 0. The van der Waals surface area contributed by atoms with Gasteiger partial charge in [-0.1, -0.05) is 42.0 Å². The zero-order chi connectivity index (χ0) is 18.6. The summed E-state index contributed by atoms with van der Waals surface area (Å²) in [5.74, 6) is 1.60. The number of piperidine rings is 1. The molecule has 4 rings (SSSR count). The molecular weight excluding hydrogens is 332 g/mol. The molecule has 0 spiro atoms.